The topological polar surface area (TPSA) is 77.1 Å². The predicted octanol–water partition coefficient (Wildman–Crippen LogP) is 2.76. The van der Waals surface area contributed by atoms with Gasteiger partial charge in [-0.2, -0.15) is 0 Å². The maximum atomic E-state index is 13.0. The lowest BCUT2D eigenvalue weighted by atomic mass is 10.1. The van der Waals surface area contributed by atoms with Gasteiger partial charge in [-0.25, -0.2) is 4.98 Å². The molecular weight excluding hydrogens is 318 g/mol. The summed E-state index contributed by atoms with van der Waals surface area (Å²) < 4.78 is 7.40. The molecule has 0 unspecified atom stereocenters. The van der Waals surface area contributed by atoms with Crippen LogP contribution in [-0.2, 0) is 7.05 Å². The van der Waals surface area contributed by atoms with Crippen LogP contribution in [0.15, 0.2) is 41.1 Å². The summed E-state index contributed by atoms with van der Waals surface area (Å²) in [6, 6.07) is 7.33. The first-order chi connectivity index (χ1) is 12.1. The van der Waals surface area contributed by atoms with Gasteiger partial charge in [0.1, 0.15) is 5.82 Å². The number of carbonyl (C=O) groups is 1. The van der Waals surface area contributed by atoms with E-state index >= 15 is 0 Å². The first-order valence-electron chi connectivity index (χ1n) is 8.32. The van der Waals surface area contributed by atoms with E-state index in [4.69, 9.17) is 4.42 Å². The Balaban J connectivity index is 1.57. The summed E-state index contributed by atoms with van der Waals surface area (Å²) in [6.07, 6.45) is 5.62. The Morgan fingerprint density at radius 2 is 2.04 bits per heavy atom. The van der Waals surface area contributed by atoms with Gasteiger partial charge in [0, 0.05) is 44.0 Å². The van der Waals surface area contributed by atoms with Crippen molar-refractivity contribution in [2.24, 2.45) is 7.05 Å². The Labute approximate surface area is 145 Å². The van der Waals surface area contributed by atoms with E-state index in [0.717, 1.165) is 30.8 Å². The van der Waals surface area contributed by atoms with Crippen LogP contribution in [0.1, 0.15) is 41.0 Å². The van der Waals surface area contributed by atoms with E-state index in [1.165, 1.54) is 0 Å². The molecule has 128 valence electrons. The highest BCUT2D eigenvalue weighted by atomic mass is 16.4. The van der Waals surface area contributed by atoms with Gasteiger partial charge in [0.2, 0.25) is 11.8 Å². The number of nitrogens with zero attached hydrogens (tertiary/aromatic N) is 5. The standard InChI is InChI=1S/C18H19N5O2/c1-12-20-21-17(25-12)13-5-7-14(8-6-13)18(24)23-10-3-4-15(23)16-19-9-11-22(16)2/h5-9,11,15H,3-4,10H2,1-2H3/t15-/m1/s1. The average molecular weight is 337 g/mol. The summed E-state index contributed by atoms with van der Waals surface area (Å²) in [5, 5.41) is 7.83. The molecule has 7 nitrogen and oxygen atoms in total. The van der Waals surface area contributed by atoms with E-state index in [0.29, 0.717) is 17.3 Å². The lowest BCUT2D eigenvalue weighted by molar-refractivity contribution is 0.0728. The summed E-state index contributed by atoms with van der Waals surface area (Å²) in [6.45, 7) is 2.50. The van der Waals surface area contributed by atoms with Gasteiger partial charge in [-0.15, -0.1) is 10.2 Å². The molecule has 1 fully saturated rings. The summed E-state index contributed by atoms with van der Waals surface area (Å²) >= 11 is 0. The van der Waals surface area contributed by atoms with E-state index < -0.39 is 0 Å². The maximum absolute atomic E-state index is 13.0. The Hall–Kier alpha value is -2.96. The zero-order valence-corrected chi connectivity index (χ0v) is 14.2. The number of carbonyl (C=O) groups excluding carboxylic acids is 1. The molecule has 0 radical (unpaired) electrons. The van der Waals surface area contributed by atoms with Crippen molar-refractivity contribution in [3.8, 4) is 11.5 Å². The minimum atomic E-state index is 0.0266. The van der Waals surface area contributed by atoms with E-state index in [-0.39, 0.29) is 11.9 Å². The normalized spacial score (nSPS) is 17.2. The molecular formula is C18H19N5O2. The van der Waals surface area contributed by atoms with Crippen molar-refractivity contribution in [1.82, 2.24) is 24.6 Å². The van der Waals surface area contributed by atoms with Gasteiger partial charge in [-0.1, -0.05) is 0 Å². The lowest BCUT2D eigenvalue weighted by Gasteiger charge is -2.24. The molecule has 4 rings (SSSR count). The number of benzene rings is 1. The van der Waals surface area contributed by atoms with Crippen molar-refractivity contribution in [3.63, 3.8) is 0 Å². The molecule has 3 heterocycles. The van der Waals surface area contributed by atoms with Crippen LogP contribution in [0, 0.1) is 6.92 Å². The number of amides is 1. The van der Waals surface area contributed by atoms with Gasteiger partial charge in [0.15, 0.2) is 0 Å². The Bertz CT molecular complexity index is 896. The number of hydrogen-bond donors (Lipinski definition) is 0. The highest BCUT2D eigenvalue weighted by Crippen LogP contribution is 2.32. The van der Waals surface area contributed by atoms with E-state index in [9.17, 15) is 4.79 Å². The number of likely N-dealkylation sites (tertiary alicyclic amines) is 1. The lowest BCUT2D eigenvalue weighted by Crippen LogP contribution is -2.31. The van der Waals surface area contributed by atoms with Crippen molar-refractivity contribution in [2.45, 2.75) is 25.8 Å². The molecule has 0 spiro atoms. The molecule has 7 heteroatoms. The molecule has 0 saturated carbocycles. The van der Waals surface area contributed by atoms with Crippen molar-refractivity contribution < 1.29 is 9.21 Å². The third-order valence-corrected chi connectivity index (χ3v) is 4.57. The van der Waals surface area contributed by atoms with Crippen LogP contribution in [0.5, 0.6) is 0 Å². The molecule has 1 aliphatic heterocycles. The highest BCUT2D eigenvalue weighted by molar-refractivity contribution is 5.95. The van der Waals surface area contributed by atoms with E-state index in [1.54, 1.807) is 13.1 Å². The first-order valence-corrected chi connectivity index (χ1v) is 8.32. The minimum Gasteiger partial charge on any atom is -0.421 e. The largest absolute Gasteiger partial charge is 0.421 e. The van der Waals surface area contributed by atoms with Crippen molar-refractivity contribution in [1.29, 1.82) is 0 Å². The SMILES string of the molecule is Cc1nnc(-c2ccc(C(=O)N3CCC[C@@H]3c3nccn3C)cc2)o1. The van der Waals surface area contributed by atoms with Gasteiger partial charge in [0.05, 0.1) is 6.04 Å². The second kappa shape index (κ2) is 6.16. The predicted molar refractivity (Wildman–Crippen MR) is 90.7 cm³/mol. The molecule has 1 aliphatic rings. The minimum absolute atomic E-state index is 0.0266. The highest BCUT2D eigenvalue weighted by Gasteiger charge is 2.32. The first kappa shape index (κ1) is 15.6. The van der Waals surface area contributed by atoms with Crippen LogP contribution < -0.4 is 0 Å². The van der Waals surface area contributed by atoms with Crippen LogP contribution in [0.25, 0.3) is 11.5 Å². The van der Waals surface area contributed by atoms with Crippen molar-refractivity contribution >= 4 is 5.91 Å². The molecule has 1 saturated heterocycles. The second-order valence-corrected chi connectivity index (χ2v) is 6.26. The zero-order valence-electron chi connectivity index (χ0n) is 14.2. The van der Waals surface area contributed by atoms with Crippen molar-refractivity contribution in [2.75, 3.05) is 6.54 Å². The second-order valence-electron chi connectivity index (χ2n) is 6.26. The Kier molecular flexibility index (Phi) is 3.83. The Morgan fingerprint density at radius 1 is 1.24 bits per heavy atom. The molecule has 2 aromatic heterocycles. The summed E-state index contributed by atoms with van der Waals surface area (Å²) in [5.41, 5.74) is 1.46. The molecule has 0 N–H and O–H groups in total. The van der Waals surface area contributed by atoms with Crippen LogP contribution in [0.2, 0.25) is 0 Å². The Morgan fingerprint density at radius 3 is 2.68 bits per heavy atom. The number of rotatable bonds is 3. The van der Waals surface area contributed by atoms with Gasteiger partial charge in [-0.05, 0) is 37.1 Å². The van der Waals surface area contributed by atoms with Crippen LogP contribution >= 0.6 is 0 Å². The van der Waals surface area contributed by atoms with Crippen LogP contribution in [-0.4, -0.2) is 37.1 Å². The molecule has 1 atom stereocenters. The fraction of sp³-hybridized carbons (Fsp3) is 0.333. The smallest absolute Gasteiger partial charge is 0.254 e. The molecule has 3 aromatic rings. The number of aromatic nitrogens is 4. The summed E-state index contributed by atoms with van der Waals surface area (Å²) in [4.78, 5) is 19.3. The summed E-state index contributed by atoms with van der Waals surface area (Å²) in [7, 11) is 1.96. The monoisotopic (exact) mass is 337 g/mol. The number of imidazole rings is 1. The van der Waals surface area contributed by atoms with Crippen molar-refractivity contribution in [3.05, 3.63) is 53.9 Å². The van der Waals surface area contributed by atoms with E-state index in [2.05, 4.69) is 15.2 Å². The number of hydrogen-bond acceptors (Lipinski definition) is 5. The van der Waals surface area contributed by atoms with Crippen LogP contribution in [0.3, 0.4) is 0 Å². The number of aryl methyl sites for hydroxylation is 2. The van der Waals surface area contributed by atoms with Gasteiger partial charge >= 0.3 is 0 Å². The third-order valence-electron chi connectivity index (χ3n) is 4.57. The summed E-state index contributed by atoms with van der Waals surface area (Å²) in [5.74, 6) is 1.94. The molecule has 25 heavy (non-hydrogen) atoms. The quantitative estimate of drug-likeness (QED) is 0.734. The fourth-order valence-electron chi connectivity index (χ4n) is 3.31. The third kappa shape index (κ3) is 2.82. The van der Waals surface area contributed by atoms with Gasteiger partial charge < -0.3 is 13.9 Å². The fourth-order valence-corrected chi connectivity index (χ4v) is 3.31. The van der Waals surface area contributed by atoms with E-state index in [1.807, 2.05) is 47.0 Å². The molecule has 0 aliphatic carbocycles. The molecule has 1 amide bonds. The van der Waals surface area contributed by atoms with Gasteiger partial charge in [-0.3, -0.25) is 4.79 Å². The van der Waals surface area contributed by atoms with Crippen LogP contribution in [0.4, 0.5) is 0 Å². The maximum Gasteiger partial charge on any atom is 0.254 e. The molecule has 1 aromatic carbocycles. The van der Waals surface area contributed by atoms with Gasteiger partial charge in [0.25, 0.3) is 5.91 Å². The average Bonchev–Trinajstić information content (AvgIpc) is 3.35. The zero-order chi connectivity index (χ0) is 17.4. The molecule has 0 bridgehead atoms.